The molecular formula is C20H38N4O9S3. The third-order valence-electron chi connectivity index (χ3n) is 8.25. The highest BCUT2D eigenvalue weighted by atomic mass is 32.2. The number of nitrogens with one attached hydrogen (secondary N) is 4. The number of fused-ring (bicyclic) bond motifs is 1. The Kier molecular flexibility index (Phi) is 9.94. The summed E-state index contributed by atoms with van der Waals surface area (Å²) in [5, 5.41) is 24.6. The molecule has 7 unspecified atom stereocenters. The summed E-state index contributed by atoms with van der Waals surface area (Å²) in [5.41, 5.74) is 0. The van der Waals surface area contributed by atoms with Crippen LogP contribution in [0.4, 0.5) is 0 Å². The lowest BCUT2D eigenvalue weighted by molar-refractivity contribution is -0.432. The topological polar surface area (TPSA) is 196 Å². The van der Waals surface area contributed by atoms with E-state index in [1.807, 2.05) is 0 Å². The fraction of sp³-hybridized carbons (Fsp3) is 1.00. The number of hydrogen-bond donors (Lipinski definition) is 7. The molecule has 0 aromatic rings. The quantitative estimate of drug-likeness (QED) is 0.0885. The van der Waals surface area contributed by atoms with E-state index in [0.717, 1.165) is 37.8 Å². The van der Waals surface area contributed by atoms with E-state index in [1.54, 1.807) is 0 Å². The highest BCUT2D eigenvalue weighted by Crippen LogP contribution is 2.46. The fourth-order valence-electron chi connectivity index (χ4n) is 6.56. The molecule has 7 N–H and O–H groups in total. The zero-order valence-corrected chi connectivity index (χ0v) is 22.4. The van der Waals surface area contributed by atoms with Crippen LogP contribution in [0.1, 0.15) is 64.2 Å². The normalized spacial score (nSPS) is 40.5. The Labute approximate surface area is 216 Å². The molecule has 1 heterocycles. The van der Waals surface area contributed by atoms with Gasteiger partial charge in [-0.1, -0.05) is 5.04 Å². The molecule has 4 fully saturated rings. The third kappa shape index (κ3) is 7.72. The lowest BCUT2D eigenvalue weighted by Crippen LogP contribution is -2.67. The summed E-state index contributed by atoms with van der Waals surface area (Å²) in [4.78, 5) is 0. The molecule has 36 heavy (non-hydrogen) atoms. The summed E-state index contributed by atoms with van der Waals surface area (Å²) in [6, 6.07) is 0.342. The number of hydrogen-bond acceptors (Lipinski definition) is 12. The van der Waals surface area contributed by atoms with Crippen molar-refractivity contribution >= 4 is 32.3 Å². The van der Waals surface area contributed by atoms with Gasteiger partial charge in [0, 0.05) is 35.9 Å². The van der Waals surface area contributed by atoms with E-state index in [2.05, 4.69) is 30.6 Å². The largest absolute Gasteiger partial charge is 0.299 e. The van der Waals surface area contributed by atoms with Gasteiger partial charge in [0.25, 0.3) is 20.2 Å². The molecule has 210 valence electrons. The predicted molar refractivity (Wildman–Crippen MR) is 133 cm³/mol. The lowest BCUT2D eigenvalue weighted by atomic mass is 9.69. The van der Waals surface area contributed by atoms with Gasteiger partial charge in [0.05, 0.1) is 16.7 Å². The van der Waals surface area contributed by atoms with Gasteiger partial charge < -0.3 is 0 Å². The van der Waals surface area contributed by atoms with Crippen LogP contribution in [0, 0.1) is 11.8 Å². The van der Waals surface area contributed by atoms with E-state index >= 15 is 0 Å². The van der Waals surface area contributed by atoms with E-state index in [-0.39, 0.29) is 48.0 Å². The molecule has 0 spiro atoms. The van der Waals surface area contributed by atoms with E-state index in [0.29, 0.717) is 38.5 Å². The Bertz CT molecular complexity index is 933. The van der Waals surface area contributed by atoms with Gasteiger partial charge in [-0.3, -0.25) is 30.4 Å². The molecule has 4 aliphatic rings. The first-order valence-corrected chi connectivity index (χ1v) is 16.4. The van der Waals surface area contributed by atoms with Gasteiger partial charge in [0.2, 0.25) is 0 Å². The molecule has 0 radical (unpaired) electrons. The van der Waals surface area contributed by atoms with Gasteiger partial charge in [-0.25, -0.2) is 5.26 Å². The van der Waals surface area contributed by atoms with Gasteiger partial charge in [0.1, 0.15) is 6.29 Å². The monoisotopic (exact) mass is 574 g/mol. The summed E-state index contributed by atoms with van der Waals surface area (Å²) in [5.74, 6) is -0.0447. The Morgan fingerprint density at radius 1 is 0.833 bits per heavy atom. The molecule has 0 amide bonds. The van der Waals surface area contributed by atoms with Crippen LogP contribution in [0.2, 0.25) is 0 Å². The molecular weight excluding hydrogens is 536 g/mol. The Balaban J connectivity index is 1.27. The summed E-state index contributed by atoms with van der Waals surface area (Å²) < 4.78 is 70.6. The molecule has 3 aliphatic carbocycles. The zero-order valence-electron chi connectivity index (χ0n) is 20.0. The maximum absolute atomic E-state index is 12.1. The second kappa shape index (κ2) is 12.4. The zero-order chi connectivity index (χ0) is 25.9. The molecule has 7 atom stereocenters. The van der Waals surface area contributed by atoms with Crippen LogP contribution in [-0.4, -0.2) is 78.0 Å². The smallest absolute Gasteiger partial charge is 0.268 e. The maximum atomic E-state index is 12.1. The average Bonchev–Trinajstić information content (AvgIpc) is 2.81. The van der Waals surface area contributed by atoms with Crippen LogP contribution in [0.5, 0.6) is 0 Å². The maximum Gasteiger partial charge on any atom is 0.268 e. The van der Waals surface area contributed by atoms with Crippen LogP contribution >= 0.6 is 12.0 Å². The second-order valence-corrected chi connectivity index (χ2v) is 14.9. The SMILES string of the molecule is O=S(=O)(O)C1CCC(NC2CCNC(NC3CCC4C(C3)CC(SOOO)CC4S(=O)(=O)O)N2)CC1. The molecule has 4 rings (SSSR count). The van der Waals surface area contributed by atoms with Crippen molar-refractivity contribution in [2.24, 2.45) is 11.8 Å². The van der Waals surface area contributed by atoms with Crippen molar-refractivity contribution in [2.75, 3.05) is 6.54 Å². The second-order valence-electron chi connectivity index (χ2n) is 10.5. The standard InChI is InChI=1S/C20H38N4O9S3/c25-32-33-34-15-10-12-9-14(3-6-17(12)18(11-15)36(29,30)31)23-20-21-8-7-19(24-20)22-13-1-4-16(5-2-13)35(26,27)28/h12-25H,1-11H2,(H,26,27,28)(H,29,30,31). The highest BCUT2D eigenvalue weighted by molar-refractivity contribution is 7.95. The minimum Gasteiger partial charge on any atom is -0.299 e. The molecule has 1 aliphatic heterocycles. The molecule has 16 heteroatoms. The lowest BCUT2D eigenvalue weighted by Gasteiger charge is -2.46. The van der Waals surface area contributed by atoms with Crippen molar-refractivity contribution in [3.63, 3.8) is 0 Å². The van der Waals surface area contributed by atoms with Gasteiger partial charge in [0.15, 0.2) is 0 Å². The van der Waals surface area contributed by atoms with Crippen molar-refractivity contribution in [3.8, 4) is 0 Å². The Morgan fingerprint density at radius 2 is 1.56 bits per heavy atom. The summed E-state index contributed by atoms with van der Waals surface area (Å²) in [6.07, 6.45) is 6.26. The van der Waals surface area contributed by atoms with Crippen molar-refractivity contribution < 1.29 is 40.6 Å². The van der Waals surface area contributed by atoms with Gasteiger partial charge in [-0.2, -0.15) is 16.8 Å². The van der Waals surface area contributed by atoms with E-state index in [4.69, 9.17) is 5.26 Å². The molecule has 3 saturated carbocycles. The van der Waals surface area contributed by atoms with Gasteiger partial charge >= 0.3 is 0 Å². The van der Waals surface area contributed by atoms with E-state index in [9.17, 15) is 25.9 Å². The molecule has 0 aromatic carbocycles. The molecule has 13 nitrogen and oxygen atoms in total. The Hall–Kier alpha value is -0.110. The highest BCUT2D eigenvalue weighted by Gasteiger charge is 2.47. The van der Waals surface area contributed by atoms with Gasteiger partial charge in [-0.05, 0) is 76.0 Å². The van der Waals surface area contributed by atoms with Crippen molar-refractivity contribution in [3.05, 3.63) is 0 Å². The predicted octanol–water partition coefficient (Wildman–Crippen LogP) is 0.830. The van der Waals surface area contributed by atoms with Crippen molar-refractivity contribution in [1.29, 1.82) is 0 Å². The van der Waals surface area contributed by atoms with Crippen LogP contribution in [0.15, 0.2) is 0 Å². The summed E-state index contributed by atoms with van der Waals surface area (Å²) in [6.45, 7) is 0.795. The molecule has 0 aromatic heterocycles. The van der Waals surface area contributed by atoms with E-state index < -0.39 is 30.7 Å². The first kappa shape index (κ1) is 28.9. The van der Waals surface area contributed by atoms with Crippen LogP contribution < -0.4 is 21.3 Å². The summed E-state index contributed by atoms with van der Waals surface area (Å²) in [7, 11) is -8.18. The first-order valence-electron chi connectivity index (χ1n) is 12.6. The van der Waals surface area contributed by atoms with E-state index in [1.165, 1.54) is 0 Å². The van der Waals surface area contributed by atoms with Gasteiger partial charge in [-0.15, -0.1) is 4.33 Å². The van der Waals surface area contributed by atoms with Crippen LogP contribution in [-0.2, 0) is 29.6 Å². The van der Waals surface area contributed by atoms with Crippen LogP contribution in [0.25, 0.3) is 0 Å². The number of rotatable bonds is 9. The van der Waals surface area contributed by atoms with Crippen molar-refractivity contribution in [1.82, 2.24) is 21.3 Å². The summed E-state index contributed by atoms with van der Waals surface area (Å²) >= 11 is 0.880. The molecule has 1 saturated heterocycles. The first-order chi connectivity index (χ1) is 17.0. The third-order valence-corrected chi connectivity index (χ3v) is 11.7. The minimum atomic E-state index is -4.20. The average molecular weight is 575 g/mol. The molecule has 0 bridgehead atoms. The van der Waals surface area contributed by atoms with Crippen LogP contribution in [0.3, 0.4) is 0 Å². The fourth-order valence-corrected chi connectivity index (χ4v) is 9.59. The van der Waals surface area contributed by atoms with Crippen molar-refractivity contribution in [2.45, 2.75) is 104 Å². The Morgan fingerprint density at radius 3 is 2.22 bits per heavy atom. The minimum absolute atomic E-state index is 0.0578.